The van der Waals surface area contributed by atoms with E-state index in [1.807, 2.05) is 0 Å². The molecule has 0 amide bonds. The summed E-state index contributed by atoms with van der Waals surface area (Å²) in [5, 5.41) is 58.2. The van der Waals surface area contributed by atoms with Gasteiger partial charge in [0.1, 0.15) is 42.7 Å². The molecule has 1 aliphatic carbocycles. The van der Waals surface area contributed by atoms with E-state index < -0.39 is 69.7 Å². The zero-order valence-corrected chi connectivity index (χ0v) is 24.3. The Hall–Kier alpha value is -1.18. The van der Waals surface area contributed by atoms with E-state index in [2.05, 4.69) is 35.8 Å². The van der Waals surface area contributed by atoms with Gasteiger partial charge < -0.3 is 40.3 Å². The van der Waals surface area contributed by atoms with Gasteiger partial charge in [-0.15, -0.1) is 0 Å². The Labute approximate surface area is 236 Å². The summed E-state index contributed by atoms with van der Waals surface area (Å²) in [6.45, 7) is 0.765. The molecule has 0 spiro atoms. The van der Waals surface area contributed by atoms with Crippen molar-refractivity contribution in [3.8, 4) is 0 Å². The predicted octanol–water partition coefficient (Wildman–Crippen LogP) is 2.02. The first-order valence-corrected chi connectivity index (χ1v) is 15.7. The van der Waals surface area contributed by atoms with Crippen molar-refractivity contribution in [3.05, 3.63) is 24.3 Å². The molecular formula is C27H49O12P. The third-order valence-electron chi connectivity index (χ3n) is 6.58. The highest BCUT2D eigenvalue weighted by Crippen LogP contribution is 2.47. The third-order valence-corrected chi connectivity index (χ3v) is 7.57. The molecule has 13 heteroatoms. The number of carbonyl (C=O) groups excluding carboxylic acids is 1. The van der Waals surface area contributed by atoms with E-state index in [9.17, 15) is 44.9 Å². The summed E-state index contributed by atoms with van der Waals surface area (Å²) in [4.78, 5) is 22.0. The largest absolute Gasteiger partial charge is 0.472 e. The molecule has 1 aliphatic rings. The zero-order chi connectivity index (χ0) is 30.0. The Balaban J connectivity index is 2.21. The Morgan fingerprint density at radius 2 is 1.32 bits per heavy atom. The monoisotopic (exact) mass is 596 g/mol. The van der Waals surface area contributed by atoms with Crippen LogP contribution in [-0.4, -0.2) is 97.4 Å². The maximum Gasteiger partial charge on any atom is 0.472 e. The molecule has 1 saturated carbocycles. The number of ether oxygens (including phenoxy) is 1. The van der Waals surface area contributed by atoms with E-state index in [1.165, 1.54) is 19.3 Å². The highest BCUT2D eigenvalue weighted by molar-refractivity contribution is 7.47. The number of aliphatic hydroxyl groups is 6. The van der Waals surface area contributed by atoms with Crippen molar-refractivity contribution in [1.82, 2.24) is 0 Å². The third kappa shape index (κ3) is 14.6. The molecule has 0 bridgehead atoms. The summed E-state index contributed by atoms with van der Waals surface area (Å²) in [6.07, 6.45) is 7.26. The molecule has 7 N–H and O–H groups in total. The van der Waals surface area contributed by atoms with Crippen LogP contribution in [0, 0.1) is 0 Å². The van der Waals surface area contributed by atoms with Gasteiger partial charge in [0.2, 0.25) is 0 Å². The van der Waals surface area contributed by atoms with Crippen molar-refractivity contribution in [3.63, 3.8) is 0 Å². The van der Waals surface area contributed by atoms with Crippen molar-refractivity contribution < 1.29 is 58.7 Å². The van der Waals surface area contributed by atoms with Crippen LogP contribution in [0.4, 0.5) is 0 Å². The van der Waals surface area contributed by atoms with Gasteiger partial charge in [0.15, 0.2) is 0 Å². The van der Waals surface area contributed by atoms with Gasteiger partial charge in [-0.25, -0.2) is 4.57 Å². The molecule has 8 atom stereocenters. The first-order valence-electron chi connectivity index (χ1n) is 14.2. The molecule has 0 aromatic carbocycles. The standard InChI is InChI=1S/C27H49O12P/c1-2-3-4-5-6-7-8-9-10-11-12-13-14-15-16-17-21(29)38-20(18-28)19-37-40(35,36)39-27-25(33)23(31)22(30)24(32)26(27)34/h6-7,9-10,20,22-28,30-34H,2-5,8,11-19H2,1H3,(H,35,36)/b7-6+,10-9+/t20-,22?,23-,24+,25+,26+,27?/m0/s1. The molecular weight excluding hydrogens is 547 g/mol. The van der Waals surface area contributed by atoms with E-state index in [4.69, 9.17) is 9.26 Å². The van der Waals surface area contributed by atoms with Crippen molar-refractivity contribution in [2.75, 3.05) is 13.2 Å². The van der Waals surface area contributed by atoms with Crippen molar-refractivity contribution in [2.45, 2.75) is 127 Å². The average Bonchev–Trinajstić information content (AvgIpc) is 2.93. The smallest absolute Gasteiger partial charge is 0.457 e. The van der Waals surface area contributed by atoms with Gasteiger partial charge >= 0.3 is 13.8 Å². The lowest BCUT2D eigenvalue weighted by Crippen LogP contribution is -2.64. The number of esters is 1. The summed E-state index contributed by atoms with van der Waals surface area (Å²) < 4.78 is 26.7. The molecule has 0 aromatic heterocycles. The lowest BCUT2D eigenvalue weighted by atomic mass is 9.85. The number of phosphoric acid groups is 1. The van der Waals surface area contributed by atoms with Gasteiger partial charge in [0.25, 0.3) is 0 Å². The van der Waals surface area contributed by atoms with Crippen molar-refractivity contribution in [1.29, 1.82) is 0 Å². The molecule has 0 heterocycles. The fraction of sp³-hybridized carbons (Fsp3) is 0.815. The van der Waals surface area contributed by atoms with Crippen LogP contribution in [0.5, 0.6) is 0 Å². The number of hydrogen-bond acceptors (Lipinski definition) is 11. The topological polar surface area (TPSA) is 203 Å². The van der Waals surface area contributed by atoms with Crippen molar-refractivity contribution in [2.24, 2.45) is 0 Å². The molecule has 234 valence electrons. The van der Waals surface area contributed by atoms with Crippen LogP contribution in [0.1, 0.15) is 84.0 Å². The fourth-order valence-electron chi connectivity index (χ4n) is 4.13. The Morgan fingerprint density at radius 3 is 1.90 bits per heavy atom. The normalized spacial score (nSPS) is 27.7. The number of unbranched alkanes of at least 4 members (excludes halogenated alkanes) is 8. The summed E-state index contributed by atoms with van der Waals surface area (Å²) in [5.41, 5.74) is 0. The molecule has 0 aliphatic heterocycles. The summed E-state index contributed by atoms with van der Waals surface area (Å²) in [7, 11) is -5.01. The number of allylic oxidation sites excluding steroid dienone is 4. The van der Waals surface area contributed by atoms with E-state index in [1.54, 1.807) is 0 Å². The quantitative estimate of drug-likeness (QED) is 0.0440. The number of phosphoric ester groups is 1. The SMILES string of the molecule is CCCCC/C=C/C/C=C/CCCCCCCC(=O)O[C@@H](CO)COP(=O)(O)OC1[C@H](O)[C@H](O)C(O)[C@H](O)[C@H]1O. The molecule has 12 nitrogen and oxygen atoms in total. The van der Waals surface area contributed by atoms with Gasteiger partial charge in [-0.3, -0.25) is 13.8 Å². The van der Waals surface area contributed by atoms with Crippen LogP contribution in [0.15, 0.2) is 24.3 Å². The molecule has 3 unspecified atom stereocenters. The Morgan fingerprint density at radius 1 is 0.800 bits per heavy atom. The number of hydrogen-bond donors (Lipinski definition) is 7. The van der Waals surface area contributed by atoms with Gasteiger partial charge in [0, 0.05) is 6.42 Å². The summed E-state index contributed by atoms with van der Waals surface area (Å²) >= 11 is 0. The van der Waals surface area contributed by atoms with E-state index in [0.29, 0.717) is 6.42 Å². The van der Waals surface area contributed by atoms with Gasteiger partial charge in [0.05, 0.1) is 13.2 Å². The predicted molar refractivity (Wildman–Crippen MR) is 147 cm³/mol. The number of rotatable bonds is 21. The fourth-order valence-corrected chi connectivity index (χ4v) is 5.11. The minimum atomic E-state index is -5.01. The summed E-state index contributed by atoms with van der Waals surface area (Å²) in [5.74, 6) is -0.611. The minimum Gasteiger partial charge on any atom is -0.457 e. The highest BCUT2D eigenvalue weighted by atomic mass is 31.2. The minimum absolute atomic E-state index is 0.104. The zero-order valence-electron chi connectivity index (χ0n) is 23.4. The van der Waals surface area contributed by atoms with Crippen LogP contribution in [0.2, 0.25) is 0 Å². The molecule has 1 fully saturated rings. The number of aliphatic hydroxyl groups excluding tert-OH is 6. The van der Waals surface area contributed by atoms with Crippen molar-refractivity contribution >= 4 is 13.8 Å². The summed E-state index contributed by atoms with van der Waals surface area (Å²) in [6, 6.07) is 0. The van der Waals surface area contributed by atoms with Crippen LogP contribution < -0.4 is 0 Å². The lowest BCUT2D eigenvalue weighted by Gasteiger charge is -2.41. The maximum atomic E-state index is 12.2. The molecule has 0 aromatic rings. The first kappa shape index (κ1) is 36.8. The Kier molecular flexibility index (Phi) is 19.0. The van der Waals surface area contributed by atoms with E-state index >= 15 is 0 Å². The highest BCUT2D eigenvalue weighted by Gasteiger charge is 2.51. The second kappa shape index (κ2) is 20.7. The molecule has 40 heavy (non-hydrogen) atoms. The molecule has 0 saturated heterocycles. The molecule has 0 radical (unpaired) electrons. The average molecular weight is 597 g/mol. The van der Waals surface area contributed by atoms with E-state index in [0.717, 1.165) is 44.9 Å². The lowest BCUT2D eigenvalue weighted by molar-refractivity contribution is -0.220. The van der Waals surface area contributed by atoms with Crippen LogP contribution in [-0.2, 0) is 23.1 Å². The van der Waals surface area contributed by atoms with E-state index in [-0.39, 0.29) is 6.42 Å². The molecule has 1 rings (SSSR count). The first-order chi connectivity index (χ1) is 19.0. The van der Waals surface area contributed by atoms with Gasteiger partial charge in [-0.1, -0.05) is 63.3 Å². The Bertz CT molecular complexity index is 775. The van der Waals surface area contributed by atoms with Gasteiger partial charge in [-0.05, 0) is 38.5 Å². The van der Waals surface area contributed by atoms with Crippen LogP contribution in [0.25, 0.3) is 0 Å². The second-order valence-corrected chi connectivity index (χ2v) is 11.5. The second-order valence-electron chi connectivity index (χ2n) is 10.1. The maximum absolute atomic E-state index is 12.2. The van der Waals surface area contributed by atoms with Crippen LogP contribution in [0.3, 0.4) is 0 Å². The van der Waals surface area contributed by atoms with Gasteiger partial charge in [-0.2, -0.15) is 0 Å². The number of carbonyl (C=O) groups is 1. The van der Waals surface area contributed by atoms with Crippen LogP contribution >= 0.6 is 7.82 Å².